The first-order chi connectivity index (χ1) is 5.14. The molecule has 0 N–H and O–H groups in total. The summed E-state index contributed by atoms with van der Waals surface area (Å²) in [6, 6.07) is 0. The summed E-state index contributed by atoms with van der Waals surface area (Å²) in [7, 11) is 0. The van der Waals surface area contributed by atoms with Gasteiger partial charge in [-0.25, -0.2) is 0 Å². The first-order valence-corrected chi connectivity index (χ1v) is 3.47. The quantitative estimate of drug-likeness (QED) is 0.346. The van der Waals surface area contributed by atoms with Gasteiger partial charge in [0.05, 0.1) is 19.3 Å². The Balaban J connectivity index is 2.36. The van der Waals surface area contributed by atoms with E-state index in [0.29, 0.717) is 13.2 Å². The zero-order chi connectivity index (χ0) is 8.32. The number of hydrogen-bond acceptors (Lipinski definition) is 3. The van der Waals surface area contributed by atoms with Crippen molar-refractivity contribution in [2.75, 3.05) is 13.2 Å². The maximum atomic E-state index is 8.02. The second kappa shape index (κ2) is 3.09. The molecule has 0 bridgehead atoms. The molecule has 0 aliphatic carbocycles. The van der Waals surface area contributed by atoms with Gasteiger partial charge in [-0.15, -0.1) is 0 Å². The molecule has 0 radical (unpaired) electrons. The maximum Gasteiger partial charge on any atom is 0.163 e. The summed E-state index contributed by atoms with van der Waals surface area (Å²) in [5.74, 6) is -0.518. The molecular weight excluding hydrogens is 146 g/mol. The Labute approximate surface area is 64.9 Å². The lowest BCUT2D eigenvalue weighted by atomic mass is 10.4. The average Bonchev–Trinajstić information content (AvgIpc) is 2.26. The zero-order valence-corrected chi connectivity index (χ0v) is 6.65. The number of rotatable bonds is 2. The second-order valence-electron chi connectivity index (χ2n) is 2.86. The summed E-state index contributed by atoms with van der Waals surface area (Å²) >= 11 is 0. The van der Waals surface area contributed by atoms with E-state index in [-0.39, 0.29) is 6.10 Å². The lowest BCUT2D eigenvalue weighted by Gasteiger charge is -2.15. The zero-order valence-electron chi connectivity index (χ0n) is 6.65. The SMILES string of the molecule is CC1(C)OC[C@H](CN=[N+]=[N-])O1. The monoisotopic (exact) mass is 157 g/mol. The summed E-state index contributed by atoms with van der Waals surface area (Å²) in [5, 5.41) is 3.39. The van der Waals surface area contributed by atoms with Gasteiger partial charge in [-0.1, -0.05) is 5.11 Å². The Kier molecular flexibility index (Phi) is 2.34. The van der Waals surface area contributed by atoms with Crippen molar-refractivity contribution in [1.82, 2.24) is 0 Å². The highest BCUT2D eigenvalue weighted by Crippen LogP contribution is 2.22. The van der Waals surface area contributed by atoms with Crippen LogP contribution in [0.1, 0.15) is 13.8 Å². The molecule has 1 atom stereocenters. The van der Waals surface area contributed by atoms with Crippen molar-refractivity contribution < 1.29 is 9.47 Å². The molecule has 11 heavy (non-hydrogen) atoms. The maximum absolute atomic E-state index is 8.02. The molecule has 1 fully saturated rings. The average molecular weight is 157 g/mol. The highest BCUT2D eigenvalue weighted by molar-refractivity contribution is 4.72. The number of azide groups is 1. The molecular formula is C6H11N3O2. The number of hydrogen-bond donors (Lipinski definition) is 0. The van der Waals surface area contributed by atoms with E-state index in [2.05, 4.69) is 10.0 Å². The van der Waals surface area contributed by atoms with Crippen molar-refractivity contribution in [2.45, 2.75) is 25.7 Å². The minimum absolute atomic E-state index is 0.0825. The summed E-state index contributed by atoms with van der Waals surface area (Å²) in [5.41, 5.74) is 8.02. The molecule has 0 spiro atoms. The Morgan fingerprint density at radius 2 is 2.45 bits per heavy atom. The lowest BCUT2D eigenvalue weighted by Crippen LogP contribution is -2.22. The molecule has 1 saturated heterocycles. The second-order valence-corrected chi connectivity index (χ2v) is 2.86. The Bertz CT molecular complexity index is 186. The molecule has 0 saturated carbocycles. The molecule has 62 valence electrons. The van der Waals surface area contributed by atoms with Crippen LogP contribution in [0.2, 0.25) is 0 Å². The van der Waals surface area contributed by atoms with Crippen molar-refractivity contribution in [1.29, 1.82) is 0 Å². The molecule has 1 aliphatic rings. The van der Waals surface area contributed by atoms with E-state index in [4.69, 9.17) is 15.0 Å². The van der Waals surface area contributed by atoms with Gasteiger partial charge in [0.15, 0.2) is 5.79 Å². The first kappa shape index (κ1) is 8.33. The normalized spacial score (nSPS) is 28.0. The largest absolute Gasteiger partial charge is 0.348 e. The predicted molar refractivity (Wildman–Crippen MR) is 38.9 cm³/mol. The van der Waals surface area contributed by atoms with Crippen molar-refractivity contribution >= 4 is 0 Å². The van der Waals surface area contributed by atoms with E-state index in [1.807, 2.05) is 13.8 Å². The van der Waals surface area contributed by atoms with E-state index in [1.165, 1.54) is 0 Å². The van der Waals surface area contributed by atoms with E-state index in [0.717, 1.165) is 0 Å². The van der Waals surface area contributed by atoms with Crippen molar-refractivity contribution in [3.8, 4) is 0 Å². The van der Waals surface area contributed by atoms with E-state index >= 15 is 0 Å². The highest BCUT2D eigenvalue weighted by Gasteiger charge is 2.31. The molecule has 0 unspecified atom stereocenters. The van der Waals surface area contributed by atoms with Crippen LogP contribution in [0.5, 0.6) is 0 Å². The summed E-state index contributed by atoms with van der Waals surface area (Å²) in [6.07, 6.45) is -0.0825. The molecule has 0 aromatic rings. The van der Waals surface area contributed by atoms with Crippen LogP contribution in [0.4, 0.5) is 0 Å². The molecule has 0 aromatic carbocycles. The fraction of sp³-hybridized carbons (Fsp3) is 1.00. The Hall–Kier alpha value is -0.770. The molecule has 1 aliphatic heterocycles. The van der Waals surface area contributed by atoms with E-state index in [9.17, 15) is 0 Å². The first-order valence-electron chi connectivity index (χ1n) is 3.47. The van der Waals surface area contributed by atoms with Gasteiger partial charge in [-0.3, -0.25) is 0 Å². The fourth-order valence-electron chi connectivity index (χ4n) is 0.981. The Morgan fingerprint density at radius 3 is 2.91 bits per heavy atom. The molecule has 1 rings (SSSR count). The number of ether oxygens (including phenoxy) is 2. The third-order valence-electron chi connectivity index (χ3n) is 1.42. The molecule has 5 nitrogen and oxygen atoms in total. The van der Waals surface area contributed by atoms with Crippen molar-refractivity contribution in [3.63, 3.8) is 0 Å². The molecule has 0 aromatic heterocycles. The third-order valence-corrected chi connectivity index (χ3v) is 1.42. The van der Waals surface area contributed by atoms with Gasteiger partial charge in [0.1, 0.15) is 0 Å². The van der Waals surface area contributed by atoms with Crippen molar-refractivity contribution in [2.24, 2.45) is 5.11 Å². The van der Waals surface area contributed by atoms with Crippen LogP contribution >= 0.6 is 0 Å². The smallest absolute Gasteiger partial charge is 0.163 e. The van der Waals surface area contributed by atoms with Crippen molar-refractivity contribution in [3.05, 3.63) is 10.4 Å². The van der Waals surface area contributed by atoms with Crippen LogP contribution in [-0.4, -0.2) is 25.0 Å². The van der Waals surface area contributed by atoms with Crippen LogP contribution < -0.4 is 0 Å². The number of nitrogens with zero attached hydrogens (tertiary/aromatic N) is 3. The standard InChI is InChI=1S/C6H11N3O2/c1-6(2)10-4-5(11-6)3-8-9-7/h5H,3-4H2,1-2H3/t5-/m0/s1. The molecule has 0 amide bonds. The third kappa shape index (κ3) is 2.38. The van der Waals surface area contributed by atoms with Gasteiger partial charge >= 0.3 is 0 Å². The topological polar surface area (TPSA) is 67.2 Å². The molecule has 1 heterocycles. The lowest BCUT2D eigenvalue weighted by molar-refractivity contribution is -0.137. The summed E-state index contributed by atoms with van der Waals surface area (Å²) in [4.78, 5) is 2.64. The van der Waals surface area contributed by atoms with Gasteiger partial charge in [0.25, 0.3) is 0 Å². The molecule has 5 heteroatoms. The van der Waals surface area contributed by atoms with Crippen LogP contribution in [0.3, 0.4) is 0 Å². The van der Waals surface area contributed by atoms with Crippen LogP contribution in [0.25, 0.3) is 10.4 Å². The van der Waals surface area contributed by atoms with Gasteiger partial charge in [-0.05, 0) is 19.4 Å². The Morgan fingerprint density at radius 1 is 1.73 bits per heavy atom. The summed E-state index contributed by atoms with van der Waals surface area (Å²) < 4.78 is 10.6. The van der Waals surface area contributed by atoms with Crippen LogP contribution in [0.15, 0.2) is 5.11 Å². The van der Waals surface area contributed by atoms with Gasteiger partial charge in [-0.2, -0.15) is 0 Å². The minimum atomic E-state index is -0.518. The fourth-order valence-corrected chi connectivity index (χ4v) is 0.981. The predicted octanol–water partition coefficient (Wildman–Crippen LogP) is 1.45. The van der Waals surface area contributed by atoms with Gasteiger partial charge < -0.3 is 9.47 Å². The minimum Gasteiger partial charge on any atom is -0.348 e. The van der Waals surface area contributed by atoms with E-state index < -0.39 is 5.79 Å². The van der Waals surface area contributed by atoms with Gasteiger partial charge in [0.2, 0.25) is 0 Å². The van der Waals surface area contributed by atoms with Gasteiger partial charge in [0, 0.05) is 4.91 Å². The van der Waals surface area contributed by atoms with Crippen LogP contribution in [0, 0.1) is 0 Å². The summed E-state index contributed by atoms with van der Waals surface area (Å²) in [6.45, 7) is 4.53. The highest BCUT2D eigenvalue weighted by atomic mass is 16.7. The van der Waals surface area contributed by atoms with Crippen LogP contribution in [-0.2, 0) is 9.47 Å². The van der Waals surface area contributed by atoms with E-state index in [1.54, 1.807) is 0 Å².